The highest BCUT2D eigenvalue weighted by atomic mass is 35.5. The molecule has 3 aromatic rings. The maximum Gasteiger partial charge on any atom is 0.228 e. The predicted molar refractivity (Wildman–Crippen MR) is 119 cm³/mol. The highest BCUT2D eigenvalue weighted by Crippen LogP contribution is 2.31. The number of carbonyl (C=O) groups excluding carboxylic acids is 1. The van der Waals surface area contributed by atoms with Crippen LogP contribution in [0.3, 0.4) is 0 Å². The number of nitrogens with one attached hydrogen (secondary N) is 1. The second-order valence-corrected chi connectivity index (χ2v) is 8.26. The van der Waals surface area contributed by atoms with Crippen LogP contribution >= 0.6 is 11.6 Å². The summed E-state index contributed by atoms with van der Waals surface area (Å²) in [5.41, 5.74) is 5.81. The van der Waals surface area contributed by atoms with Crippen LogP contribution in [0.25, 0.3) is 11.0 Å². The molecule has 5 nitrogen and oxygen atoms in total. The van der Waals surface area contributed by atoms with E-state index in [1.165, 1.54) is 5.56 Å². The van der Waals surface area contributed by atoms with Gasteiger partial charge in [-0.05, 0) is 50.2 Å². The third-order valence-corrected chi connectivity index (χ3v) is 6.00. The Morgan fingerprint density at radius 1 is 1.14 bits per heavy atom. The predicted octanol–water partition coefficient (Wildman–Crippen LogP) is 4.64. The highest BCUT2D eigenvalue weighted by molar-refractivity contribution is 6.31. The molecular formula is C23H26ClN3O2. The first-order valence-corrected chi connectivity index (χ1v) is 10.3. The normalized spacial score (nSPS) is 15.1. The monoisotopic (exact) mass is 411 g/mol. The van der Waals surface area contributed by atoms with E-state index >= 15 is 0 Å². The number of carbonyl (C=O) groups is 1. The van der Waals surface area contributed by atoms with Crippen molar-refractivity contribution < 1.29 is 9.21 Å². The van der Waals surface area contributed by atoms with Crippen LogP contribution in [0.5, 0.6) is 0 Å². The molecule has 1 N–H and O–H groups in total. The molecule has 2 heterocycles. The minimum atomic E-state index is -0.0800. The Morgan fingerprint density at radius 2 is 1.90 bits per heavy atom. The Morgan fingerprint density at radius 3 is 2.66 bits per heavy atom. The summed E-state index contributed by atoms with van der Waals surface area (Å²) in [6.45, 7) is 7.94. The van der Waals surface area contributed by atoms with Crippen molar-refractivity contribution in [3.8, 4) is 0 Å². The van der Waals surface area contributed by atoms with Crippen molar-refractivity contribution >= 4 is 39.9 Å². The number of likely N-dealkylation sites (N-methyl/N-ethyl adjacent to an activating group) is 1. The average Bonchev–Trinajstić information content (AvgIpc) is 3.09. The van der Waals surface area contributed by atoms with Crippen molar-refractivity contribution in [1.29, 1.82) is 0 Å². The van der Waals surface area contributed by atoms with Gasteiger partial charge >= 0.3 is 0 Å². The van der Waals surface area contributed by atoms with Crippen LogP contribution in [0.15, 0.2) is 41.0 Å². The van der Waals surface area contributed by atoms with Crippen LogP contribution in [0.4, 0.5) is 11.4 Å². The number of aryl methyl sites for hydroxylation is 2. The van der Waals surface area contributed by atoms with Crippen LogP contribution in [0.2, 0.25) is 5.02 Å². The summed E-state index contributed by atoms with van der Waals surface area (Å²) in [7, 11) is 2.13. The molecule has 1 amide bonds. The molecule has 0 atom stereocenters. The topological polar surface area (TPSA) is 48.7 Å². The zero-order valence-electron chi connectivity index (χ0n) is 17.1. The van der Waals surface area contributed by atoms with Crippen molar-refractivity contribution in [3.63, 3.8) is 0 Å². The van der Waals surface area contributed by atoms with Gasteiger partial charge in [0.2, 0.25) is 5.91 Å². The minimum absolute atomic E-state index is 0.0800. The third-order valence-electron chi connectivity index (χ3n) is 5.77. The Balaban J connectivity index is 1.54. The zero-order valence-corrected chi connectivity index (χ0v) is 17.8. The lowest BCUT2D eigenvalue weighted by molar-refractivity contribution is -0.115. The first-order chi connectivity index (χ1) is 13.9. The van der Waals surface area contributed by atoms with Crippen LogP contribution in [-0.4, -0.2) is 44.0 Å². The second-order valence-electron chi connectivity index (χ2n) is 7.82. The number of hydrogen-bond donors (Lipinski definition) is 1. The van der Waals surface area contributed by atoms with Gasteiger partial charge < -0.3 is 19.5 Å². The molecule has 0 spiro atoms. The first kappa shape index (κ1) is 19.8. The average molecular weight is 412 g/mol. The minimum Gasteiger partial charge on any atom is -0.464 e. The molecular weight excluding hydrogens is 386 g/mol. The van der Waals surface area contributed by atoms with Gasteiger partial charge in [0, 0.05) is 42.2 Å². The second kappa shape index (κ2) is 8.09. The number of nitrogens with zero attached hydrogens (tertiary/aromatic N) is 2. The van der Waals surface area contributed by atoms with E-state index < -0.39 is 0 Å². The Hall–Kier alpha value is -2.50. The van der Waals surface area contributed by atoms with E-state index in [-0.39, 0.29) is 12.3 Å². The molecule has 1 aromatic heterocycles. The van der Waals surface area contributed by atoms with Gasteiger partial charge in [-0.1, -0.05) is 23.7 Å². The molecule has 2 aromatic carbocycles. The largest absolute Gasteiger partial charge is 0.464 e. The molecule has 0 unspecified atom stereocenters. The lowest BCUT2D eigenvalue weighted by Gasteiger charge is -2.35. The zero-order chi connectivity index (χ0) is 20.5. The van der Waals surface area contributed by atoms with Gasteiger partial charge in [-0.3, -0.25) is 4.79 Å². The molecule has 4 rings (SSSR count). The van der Waals surface area contributed by atoms with E-state index in [1.807, 2.05) is 31.2 Å². The van der Waals surface area contributed by atoms with Gasteiger partial charge in [0.25, 0.3) is 0 Å². The summed E-state index contributed by atoms with van der Waals surface area (Å²) in [5.74, 6) is -0.0800. The Labute approximate surface area is 176 Å². The third kappa shape index (κ3) is 4.11. The van der Waals surface area contributed by atoms with Crippen molar-refractivity contribution in [2.24, 2.45) is 0 Å². The van der Waals surface area contributed by atoms with Gasteiger partial charge in [0.1, 0.15) is 5.58 Å². The smallest absolute Gasteiger partial charge is 0.228 e. The number of anilines is 2. The summed E-state index contributed by atoms with van der Waals surface area (Å²) in [4.78, 5) is 17.5. The van der Waals surface area contributed by atoms with E-state index in [1.54, 1.807) is 6.26 Å². The summed E-state index contributed by atoms with van der Waals surface area (Å²) in [6, 6.07) is 9.78. The van der Waals surface area contributed by atoms with Gasteiger partial charge in [0.15, 0.2) is 0 Å². The molecule has 0 radical (unpaired) electrons. The number of hydrogen-bond acceptors (Lipinski definition) is 4. The molecule has 0 saturated carbocycles. The molecule has 152 valence electrons. The number of rotatable bonds is 4. The molecule has 6 heteroatoms. The molecule has 1 fully saturated rings. The van der Waals surface area contributed by atoms with E-state index in [0.29, 0.717) is 5.02 Å². The van der Waals surface area contributed by atoms with Gasteiger partial charge in [-0.2, -0.15) is 0 Å². The van der Waals surface area contributed by atoms with Gasteiger partial charge in [0.05, 0.1) is 24.1 Å². The fourth-order valence-corrected chi connectivity index (χ4v) is 4.00. The fourth-order valence-electron chi connectivity index (χ4n) is 3.82. The molecule has 29 heavy (non-hydrogen) atoms. The fraction of sp³-hybridized carbons (Fsp3) is 0.348. The Bertz CT molecular complexity index is 1050. The van der Waals surface area contributed by atoms with Crippen LogP contribution in [0, 0.1) is 13.8 Å². The summed E-state index contributed by atoms with van der Waals surface area (Å²) in [5, 5.41) is 4.67. The van der Waals surface area contributed by atoms with E-state index in [4.69, 9.17) is 16.0 Å². The summed E-state index contributed by atoms with van der Waals surface area (Å²) >= 11 is 6.22. The van der Waals surface area contributed by atoms with Crippen LogP contribution in [0.1, 0.15) is 16.7 Å². The van der Waals surface area contributed by atoms with Gasteiger partial charge in [-0.25, -0.2) is 0 Å². The number of amides is 1. The Kier molecular flexibility index (Phi) is 5.52. The first-order valence-electron chi connectivity index (χ1n) is 9.91. The van der Waals surface area contributed by atoms with Crippen LogP contribution < -0.4 is 10.2 Å². The van der Waals surface area contributed by atoms with Crippen molar-refractivity contribution in [3.05, 3.63) is 58.3 Å². The van der Waals surface area contributed by atoms with Gasteiger partial charge in [-0.15, -0.1) is 0 Å². The quantitative estimate of drug-likeness (QED) is 0.679. The number of halogens is 1. The number of fused-ring (bicyclic) bond motifs is 1. The van der Waals surface area contributed by atoms with E-state index in [0.717, 1.165) is 59.6 Å². The molecule has 0 bridgehead atoms. The number of benzene rings is 2. The standard InChI is InChI=1S/C23H26ClN3O2/c1-15-4-6-19-17(14-29-23(19)16(15)2)12-22(28)25-20-13-18(24)5-7-21(20)27-10-8-26(3)9-11-27/h4-7,13-14H,8-12H2,1-3H3,(H,25,28). The lowest BCUT2D eigenvalue weighted by Crippen LogP contribution is -2.44. The summed E-state index contributed by atoms with van der Waals surface area (Å²) in [6.07, 6.45) is 1.94. The highest BCUT2D eigenvalue weighted by Gasteiger charge is 2.19. The maximum atomic E-state index is 12.9. The van der Waals surface area contributed by atoms with Crippen molar-refractivity contribution in [1.82, 2.24) is 4.90 Å². The van der Waals surface area contributed by atoms with E-state index in [9.17, 15) is 4.79 Å². The van der Waals surface area contributed by atoms with Crippen LogP contribution in [-0.2, 0) is 11.2 Å². The van der Waals surface area contributed by atoms with Crippen molar-refractivity contribution in [2.45, 2.75) is 20.3 Å². The molecule has 1 aliphatic heterocycles. The summed E-state index contributed by atoms with van der Waals surface area (Å²) < 4.78 is 5.75. The molecule has 1 aliphatic rings. The van der Waals surface area contributed by atoms with Crippen molar-refractivity contribution in [2.75, 3.05) is 43.4 Å². The lowest BCUT2D eigenvalue weighted by atomic mass is 10.0. The molecule has 0 aliphatic carbocycles. The SMILES string of the molecule is Cc1ccc2c(CC(=O)Nc3cc(Cl)ccc3N3CCN(C)CC3)coc2c1C. The maximum absolute atomic E-state index is 12.9. The van der Waals surface area contributed by atoms with E-state index in [2.05, 4.69) is 35.2 Å². The number of piperazine rings is 1. The molecule has 1 saturated heterocycles. The number of furan rings is 1.